The molecule has 1 spiro atoms. The first kappa shape index (κ1) is 15.6. The number of rotatable bonds is 4. The summed E-state index contributed by atoms with van der Waals surface area (Å²) < 4.78 is 0. The molecule has 0 bridgehead atoms. The van der Waals surface area contributed by atoms with Crippen molar-refractivity contribution in [2.45, 2.75) is 44.6 Å². The number of unbranched alkanes of at least 4 members (excludes halogenated alkanes) is 2. The van der Waals surface area contributed by atoms with Gasteiger partial charge in [-0.1, -0.05) is 19.8 Å². The summed E-state index contributed by atoms with van der Waals surface area (Å²) in [7, 11) is 1.49. The summed E-state index contributed by atoms with van der Waals surface area (Å²) in [5.41, 5.74) is -0.801. The van der Waals surface area contributed by atoms with Crippen molar-refractivity contribution in [2.75, 3.05) is 26.7 Å². The van der Waals surface area contributed by atoms with E-state index in [2.05, 4.69) is 17.6 Å². The molecule has 2 aliphatic rings. The van der Waals surface area contributed by atoms with Crippen molar-refractivity contribution in [1.29, 1.82) is 0 Å². The third kappa shape index (κ3) is 3.11. The maximum Gasteiger partial charge on any atom is 0.324 e. The SMILES string of the molecule is CCCCCNC(=O)N1CCC2(CC1)NC(=O)N(C)C2=O. The first-order valence-electron chi connectivity index (χ1n) is 7.63. The van der Waals surface area contributed by atoms with E-state index in [9.17, 15) is 14.4 Å². The molecule has 2 aliphatic heterocycles. The van der Waals surface area contributed by atoms with E-state index in [1.165, 1.54) is 7.05 Å². The predicted octanol–water partition coefficient (Wildman–Crippen LogP) is 0.902. The molecule has 0 aromatic rings. The summed E-state index contributed by atoms with van der Waals surface area (Å²) in [5.74, 6) is -0.185. The van der Waals surface area contributed by atoms with Crippen molar-refractivity contribution in [3.8, 4) is 0 Å². The summed E-state index contributed by atoms with van der Waals surface area (Å²) in [5, 5.41) is 5.67. The Morgan fingerprint density at radius 1 is 1.29 bits per heavy atom. The molecule has 0 atom stereocenters. The second kappa shape index (κ2) is 6.32. The second-order valence-corrected chi connectivity index (χ2v) is 5.80. The van der Waals surface area contributed by atoms with Crippen molar-refractivity contribution >= 4 is 18.0 Å². The molecule has 0 saturated carbocycles. The minimum atomic E-state index is -0.801. The molecular weight excluding hydrogens is 272 g/mol. The van der Waals surface area contributed by atoms with Gasteiger partial charge in [0.05, 0.1) is 0 Å². The van der Waals surface area contributed by atoms with Crippen molar-refractivity contribution in [3.63, 3.8) is 0 Å². The Bertz CT molecular complexity index is 430. The number of hydrogen-bond donors (Lipinski definition) is 2. The Hall–Kier alpha value is -1.79. The van der Waals surface area contributed by atoms with E-state index in [0.717, 1.165) is 24.2 Å². The third-order valence-electron chi connectivity index (χ3n) is 4.33. The van der Waals surface area contributed by atoms with Gasteiger partial charge in [0.2, 0.25) is 0 Å². The van der Waals surface area contributed by atoms with Gasteiger partial charge in [0.15, 0.2) is 0 Å². The van der Waals surface area contributed by atoms with Crippen LogP contribution in [0.4, 0.5) is 9.59 Å². The molecule has 2 rings (SSSR count). The zero-order chi connectivity index (χ0) is 15.5. The number of likely N-dealkylation sites (N-methyl/N-ethyl adjacent to an activating group) is 1. The molecule has 2 heterocycles. The molecule has 2 fully saturated rings. The number of nitrogens with one attached hydrogen (secondary N) is 2. The maximum absolute atomic E-state index is 12.1. The Balaban J connectivity index is 1.82. The van der Waals surface area contributed by atoms with Crippen LogP contribution in [-0.4, -0.2) is 60.0 Å². The zero-order valence-electron chi connectivity index (χ0n) is 12.8. The van der Waals surface area contributed by atoms with Crippen LogP contribution in [-0.2, 0) is 4.79 Å². The van der Waals surface area contributed by atoms with Crippen molar-refractivity contribution in [3.05, 3.63) is 0 Å². The zero-order valence-corrected chi connectivity index (χ0v) is 12.8. The standard InChI is InChI=1S/C14H24N4O3/c1-3-4-5-8-15-12(20)18-9-6-14(7-10-18)11(19)17(2)13(21)16-14/h3-10H2,1-2H3,(H,15,20)(H,16,21). The fourth-order valence-corrected chi connectivity index (χ4v) is 2.87. The number of piperidine rings is 1. The number of amides is 5. The number of likely N-dealkylation sites (tertiary alicyclic amines) is 1. The van der Waals surface area contributed by atoms with Gasteiger partial charge >= 0.3 is 12.1 Å². The van der Waals surface area contributed by atoms with E-state index in [1.54, 1.807) is 4.90 Å². The fourth-order valence-electron chi connectivity index (χ4n) is 2.87. The summed E-state index contributed by atoms with van der Waals surface area (Å²) in [4.78, 5) is 38.6. The molecule has 7 heteroatoms. The van der Waals surface area contributed by atoms with Gasteiger partial charge in [-0.2, -0.15) is 0 Å². The Kier molecular flexibility index (Phi) is 4.69. The third-order valence-corrected chi connectivity index (χ3v) is 4.33. The number of imide groups is 1. The van der Waals surface area contributed by atoms with Gasteiger partial charge in [0.25, 0.3) is 5.91 Å². The Morgan fingerprint density at radius 3 is 2.48 bits per heavy atom. The summed E-state index contributed by atoms with van der Waals surface area (Å²) >= 11 is 0. The van der Waals surface area contributed by atoms with Crippen LogP contribution in [0.2, 0.25) is 0 Å². The average molecular weight is 296 g/mol. The maximum atomic E-state index is 12.1. The van der Waals surface area contributed by atoms with Crippen molar-refractivity contribution in [2.24, 2.45) is 0 Å². The molecule has 0 aliphatic carbocycles. The van der Waals surface area contributed by atoms with Gasteiger partial charge in [-0.15, -0.1) is 0 Å². The monoisotopic (exact) mass is 296 g/mol. The van der Waals surface area contributed by atoms with Gasteiger partial charge in [-0.05, 0) is 19.3 Å². The highest BCUT2D eigenvalue weighted by atomic mass is 16.2. The lowest BCUT2D eigenvalue weighted by Crippen LogP contribution is -2.57. The van der Waals surface area contributed by atoms with Gasteiger partial charge in [-0.3, -0.25) is 9.69 Å². The Labute approximate surface area is 125 Å². The van der Waals surface area contributed by atoms with Crippen LogP contribution in [0.3, 0.4) is 0 Å². The Morgan fingerprint density at radius 2 is 1.95 bits per heavy atom. The van der Waals surface area contributed by atoms with Gasteiger partial charge < -0.3 is 15.5 Å². The number of carbonyl (C=O) groups excluding carboxylic acids is 3. The molecule has 7 nitrogen and oxygen atoms in total. The van der Waals surface area contributed by atoms with Gasteiger partial charge in [0, 0.05) is 26.7 Å². The van der Waals surface area contributed by atoms with Crippen LogP contribution < -0.4 is 10.6 Å². The number of urea groups is 2. The molecule has 0 aromatic heterocycles. The lowest BCUT2D eigenvalue weighted by molar-refractivity contribution is -0.131. The van der Waals surface area contributed by atoms with Gasteiger partial charge in [-0.25, -0.2) is 9.59 Å². The predicted molar refractivity (Wildman–Crippen MR) is 77.8 cm³/mol. The summed E-state index contributed by atoms with van der Waals surface area (Å²) in [6, 6.07) is -0.427. The number of hydrogen-bond acceptors (Lipinski definition) is 3. The van der Waals surface area contributed by atoms with Crippen LogP contribution in [0.1, 0.15) is 39.0 Å². The average Bonchev–Trinajstić information content (AvgIpc) is 2.69. The smallest absolute Gasteiger partial charge is 0.324 e. The first-order chi connectivity index (χ1) is 10.00. The topological polar surface area (TPSA) is 81.8 Å². The highest BCUT2D eigenvalue weighted by molar-refractivity contribution is 6.06. The molecule has 5 amide bonds. The fraction of sp³-hybridized carbons (Fsp3) is 0.786. The van der Waals surface area contributed by atoms with Gasteiger partial charge in [0.1, 0.15) is 5.54 Å². The normalized spacial score (nSPS) is 20.9. The highest BCUT2D eigenvalue weighted by Gasteiger charge is 2.51. The van der Waals surface area contributed by atoms with Crippen LogP contribution >= 0.6 is 0 Å². The number of carbonyl (C=O) groups is 3. The van der Waals surface area contributed by atoms with E-state index in [4.69, 9.17) is 0 Å². The molecule has 0 aromatic carbocycles. The van der Waals surface area contributed by atoms with Crippen LogP contribution in [0.25, 0.3) is 0 Å². The van der Waals surface area contributed by atoms with E-state index in [0.29, 0.717) is 32.5 Å². The number of nitrogens with zero attached hydrogens (tertiary/aromatic N) is 2. The van der Waals surface area contributed by atoms with Crippen LogP contribution in [0.5, 0.6) is 0 Å². The van der Waals surface area contributed by atoms with E-state index < -0.39 is 5.54 Å². The summed E-state index contributed by atoms with van der Waals surface area (Å²) in [6.45, 7) is 3.78. The van der Waals surface area contributed by atoms with Crippen molar-refractivity contribution in [1.82, 2.24) is 20.4 Å². The van der Waals surface area contributed by atoms with Crippen LogP contribution in [0.15, 0.2) is 0 Å². The lowest BCUT2D eigenvalue weighted by atomic mass is 9.87. The largest absolute Gasteiger partial charge is 0.338 e. The molecule has 2 N–H and O–H groups in total. The lowest BCUT2D eigenvalue weighted by Gasteiger charge is -2.37. The summed E-state index contributed by atoms with van der Waals surface area (Å²) in [6.07, 6.45) is 4.17. The highest BCUT2D eigenvalue weighted by Crippen LogP contribution is 2.28. The van der Waals surface area contributed by atoms with Crippen LogP contribution in [0, 0.1) is 0 Å². The molecule has 2 saturated heterocycles. The molecule has 0 unspecified atom stereocenters. The van der Waals surface area contributed by atoms with Crippen molar-refractivity contribution < 1.29 is 14.4 Å². The minimum absolute atomic E-state index is 0.0777. The van der Waals surface area contributed by atoms with E-state index in [-0.39, 0.29) is 18.0 Å². The van der Waals surface area contributed by atoms with E-state index in [1.807, 2.05) is 0 Å². The molecule has 21 heavy (non-hydrogen) atoms. The van der Waals surface area contributed by atoms with E-state index >= 15 is 0 Å². The second-order valence-electron chi connectivity index (χ2n) is 5.80. The minimum Gasteiger partial charge on any atom is -0.338 e. The molecule has 118 valence electrons. The quantitative estimate of drug-likeness (QED) is 0.597. The molecular formula is C14H24N4O3. The molecule has 0 radical (unpaired) electrons. The first-order valence-corrected chi connectivity index (χ1v) is 7.63.